The summed E-state index contributed by atoms with van der Waals surface area (Å²) in [6.07, 6.45) is 0. The number of aromatic nitrogens is 3. The van der Waals surface area contributed by atoms with Crippen LogP contribution < -0.4 is 0 Å². The number of hydrogen-bond donors (Lipinski definition) is 0. The van der Waals surface area contributed by atoms with E-state index >= 15 is 0 Å². The molecule has 8 nitrogen and oxygen atoms in total. The van der Waals surface area contributed by atoms with Gasteiger partial charge >= 0.3 is 0 Å². The highest BCUT2D eigenvalue weighted by Gasteiger charge is 2.29. The molecule has 12 aromatic rings. The van der Waals surface area contributed by atoms with E-state index in [0.29, 0.717) is 15.4 Å². The average molecular weight is 888 g/mol. The Hall–Kier alpha value is -8.54. The molecule has 312 valence electrons. The normalized spacial score (nSPS) is 12.3. The van der Waals surface area contributed by atoms with Crippen molar-refractivity contribution in [3.8, 4) is 29.2 Å². The summed E-state index contributed by atoms with van der Waals surface area (Å²) in [7, 11) is -5.46. The van der Waals surface area contributed by atoms with E-state index in [1.54, 1.807) is 48.5 Å². The fraction of sp³-hybridized carbons (Fsp3) is 0. The van der Waals surface area contributed by atoms with Crippen molar-refractivity contribution in [1.82, 2.24) is 13.7 Å². The number of rotatable bonds is 7. The third kappa shape index (κ3) is 5.80. The molecule has 0 spiro atoms. The molecule has 0 radical (unpaired) electrons. The van der Waals surface area contributed by atoms with Crippen LogP contribution in [0.15, 0.2) is 220 Å². The molecular formula is C56H33N5O3S2. The first-order chi connectivity index (χ1) is 32.4. The first-order valence-corrected chi connectivity index (χ1v) is 23.8. The van der Waals surface area contributed by atoms with E-state index in [4.69, 9.17) is 0 Å². The molecule has 0 fully saturated rings. The highest BCUT2D eigenvalue weighted by molar-refractivity contribution is 7.91. The van der Waals surface area contributed by atoms with Gasteiger partial charge in [-0.05, 0) is 115 Å². The molecule has 0 bridgehead atoms. The molecule has 0 saturated heterocycles. The van der Waals surface area contributed by atoms with Crippen molar-refractivity contribution in [3.05, 3.63) is 211 Å². The zero-order valence-electron chi connectivity index (χ0n) is 34.8. The second-order valence-corrected chi connectivity index (χ2v) is 19.5. The number of nitriles is 2. The lowest BCUT2D eigenvalue weighted by Crippen LogP contribution is -2.03. The van der Waals surface area contributed by atoms with Crippen molar-refractivity contribution in [2.75, 3.05) is 0 Å². The third-order valence-electron chi connectivity index (χ3n) is 12.5. The Morgan fingerprint density at radius 1 is 0.394 bits per heavy atom. The summed E-state index contributed by atoms with van der Waals surface area (Å²) in [4.78, 5) is 1.36. The quantitative estimate of drug-likeness (QED) is 0.158. The number of fused-ring (bicyclic) bond motifs is 12. The van der Waals surface area contributed by atoms with Crippen LogP contribution in [0.1, 0.15) is 11.1 Å². The lowest BCUT2D eigenvalue weighted by molar-refractivity contribution is 0.596. The van der Waals surface area contributed by atoms with Crippen LogP contribution in [0.2, 0.25) is 0 Å². The third-order valence-corrected chi connectivity index (χ3v) is 15.7. The van der Waals surface area contributed by atoms with E-state index in [1.807, 2.05) is 54.6 Å². The van der Waals surface area contributed by atoms with Gasteiger partial charge < -0.3 is 13.7 Å². The predicted octanol–water partition coefficient (Wildman–Crippen LogP) is 12.7. The molecule has 0 aliphatic heterocycles. The fourth-order valence-electron chi connectivity index (χ4n) is 9.71. The van der Waals surface area contributed by atoms with Crippen molar-refractivity contribution in [2.45, 2.75) is 19.6 Å². The molecule has 66 heavy (non-hydrogen) atoms. The lowest BCUT2D eigenvalue weighted by Gasteiger charge is -2.14. The van der Waals surface area contributed by atoms with E-state index in [1.165, 1.54) is 12.1 Å². The molecule has 12 rings (SSSR count). The Morgan fingerprint density at radius 2 is 0.818 bits per heavy atom. The number of sulfone groups is 1. The van der Waals surface area contributed by atoms with Gasteiger partial charge in [0.25, 0.3) is 0 Å². The van der Waals surface area contributed by atoms with Gasteiger partial charge in [0.05, 0.1) is 77.0 Å². The molecule has 0 saturated carbocycles. The van der Waals surface area contributed by atoms with E-state index in [2.05, 4.69) is 111 Å². The molecular weight excluding hydrogens is 855 g/mol. The van der Waals surface area contributed by atoms with Gasteiger partial charge in [-0.3, -0.25) is 0 Å². The molecule has 0 amide bonds. The summed E-state index contributed by atoms with van der Waals surface area (Å²) >= 11 is 0. The van der Waals surface area contributed by atoms with E-state index in [0.717, 1.165) is 82.5 Å². The molecule has 3 heterocycles. The van der Waals surface area contributed by atoms with E-state index in [-0.39, 0.29) is 15.4 Å². The maximum Gasteiger partial charge on any atom is 0.206 e. The largest absolute Gasteiger partial charge is 0.308 e. The van der Waals surface area contributed by atoms with Crippen molar-refractivity contribution in [2.24, 2.45) is 0 Å². The minimum atomic E-state index is -3.94. The molecule has 0 aliphatic rings. The van der Waals surface area contributed by atoms with Crippen molar-refractivity contribution in [1.29, 1.82) is 10.5 Å². The van der Waals surface area contributed by atoms with Gasteiger partial charge in [0.1, 0.15) is 0 Å². The maximum atomic E-state index is 14.0. The Kier molecular flexibility index (Phi) is 8.91. The average Bonchev–Trinajstić information content (AvgIpc) is 4.02. The van der Waals surface area contributed by atoms with Crippen molar-refractivity contribution >= 4 is 86.1 Å². The van der Waals surface area contributed by atoms with Crippen LogP contribution in [0.4, 0.5) is 0 Å². The van der Waals surface area contributed by atoms with Crippen molar-refractivity contribution < 1.29 is 12.6 Å². The number of hydrogen-bond acceptors (Lipinski definition) is 5. The van der Waals surface area contributed by atoms with Crippen LogP contribution >= 0.6 is 0 Å². The summed E-state index contributed by atoms with van der Waals surface area (Å²) in [6.45, 7) is 0. The highest BCUT2D eigenvalue weighted by Crippen LogP contribution is 2.50. The van der Waals surface area contributed by atoms with Gasteiger partial charge in [-0.15, -0.1) is 0 Å². The number of para-hydroxylation sites is 4. The summed E-state index contributed by atoms with van der Waals surface area (Å²) in [6, 6.07) is 67.7. The summed E-state index contributed by atoms with van der Waals surface area (Å²) in [5.41, 5.74) is 9.33. The lowest BCUT2D eigenvalue weighted by atomic mass is 10.0. The van der Waals surface area contributed by atoms with Crippen LogP contribution in [0, 0.1) is 22.7 Å². The predicted molar refractivity (Wildman–Crippen MR) is 262 cm³/mol. The zero-order valence-corrected chi connectivity index (χ0v) is 36.5. The number of nitrogens with zero attached hydrogens (tertiary/aromatic N) is 5. The zero-order chi connectivity index (χ0) is 44.7. The summed E-state index contributed by atoms with van der Waals surface area (Å²) < 4.78 is 48.8. The Balaban J connectivity index is 1.21. The SMILES string of the molecule is N#Cc1cccc(S(=O)c2ccc(-n3c4ccccc4c4c3c3c5ccccc5n(-c5ccccc5)c3c3c5ccccc5n(-c5ccc(S(=O)(=O)c6cccc(C#N)c6)cc5)c34)cc2)c1. The number of benzene rings is 9. The topological polar surface area (TPSA) is 114 Å². The molecule has 1 unspecified atom stereocenters. The van der Waals surface area contributed by atoms with Gasteiger partial charge in [0.2, 0.25) is 9.84 Å². The maximum absolute atomic E-state index is 14.0. The first kappa shape index (κ1) is 39.1. The van der Waals surface area contributed by atoms with Crippen LogP contribution in [0.25, 0.3) is 82.5 Å². The van der Waals surface area contributed by atoms with Crippen LogP contribution in [-0.4, -0.2) is 26.3 Å². The highest BCUT2D eigenvalue weighted by atomic mass is 32.2. The van der Waals surface area contributed by atoms with E-state index in [9.17, 15) is 23.2 Å². The molecule has 10 heteroatoms. The summed E-state index contributed by atoms with van der Waals surface area (Å²) in [5.74, 6) is 0. The van der Waals surface area contributed by atoms with Crippen LogP contribution in [0.3, 0.4) is 0 Å². The Bertz CT molecular complexity index is 4210. The molecule has 9 aromatic carbocycles. The minimum Gasteiger partial charge on any atom is -0.308 e. The molecule has 1 atom stereocenters. The molecule has 3 aromatic heterocycles. The molecule has 0 aliphatic carbocycles. The Morgan fingerprint density at radius 3 is 1.32 bits per heavy atom. The first-order valence-electron chi connectivity index (χ1n) is 21.2. The smallest absolute Gasteiger partial charge is 0.206 e. The Labute approximate surface area is 381 Å². The fourth-order valence-corrected chi connectivity index (χ4v) is 12.1. The second-order valence-electron chi connectivity index (χ2n) is 16.1. The minimum absolute atomic E-state index is 0.0595. The van der Waals surface area contributed by atoms with E-state index < -0.39 is 20.6 Å². The standard InChI is InChI=1S/C56H33N5O3S2/c57-34-36-12-10-16-42(32-36)65(62)41-28-24-39(25-29-41)60-49-22-8-5-19-46(49)53-55(60)51-45-18-4-7-21-48(45)59(38-14-2-1-3-15-38)54(51)52-47-20-6-9-23-50(47)61(56(52)53)40-26-30-43(31-27-40)66(63,64)44-17-11-13-37(33-44)35-58/h1-33H. The van der Waals surface area contributed by atoms with Crippen molar-refractivity contribution in [3.63, 3.8) is 0 Å². The summed E-state index contributed by atoms with van der Waals surface area (Å²) in [5, 5.41) is 25.3. The monoisotopic (exact) mass is 887 g/mol. The van der Waals surface area contributed by atoms with Gasteiger partial charge in [-0.2, -0.15) is 10.5 Å². The van der Waals surface area contributed by atoms with Crippen LogP contribution in [0.5, 0.6) is 0 Å². The van der Waals surface area contributed by atoms with Crippen LogP contribution in [-0.2, 0) is 20.6 Å². The van der Waals surface area contributed by atoms with Gasteiger partial charge in [0, 0.05) is 59.2 Å². The van der Waals surface area contributed by atoms with Gasteiger partial charge in [0.15, 0.2) is 0 Å². The van der Waals surface area contributed by atoms with Gasteiger partial charge in [-0.25, -0.2) is 12.6 Å². The van der Waals surface area contributed by atoms with Gasteiger partial charge in [-0.1, -0.05) is 84.9 Å². The second kappa shape index (κ2) is 15.0. The molecule has 0 N–H and O–H groups in total.